The first-order chi connectivity index (χ1) is 7.24. The van der Waals surface area contributed by atoms with Crippen molar-refractivity contribution < 1.29 is 4.79 Å². The summed E-state index contributed by atoms with van der Waals surface area (Å²) >= 11 is 0. The van der Waals surface area contributed by atoms with E-state index in [0.29, 0.717) is 19.5 Å². The Morgan fingerprint density at radius 2 is 2.07 bits per heavy atom. The Balaban J connectivity index is 2.60. The lowest BCUT2D eigenvalue weighted by molar-refractivity contribution is -0.129. The van der Waals surface area contributed by atoms with Crippen LogP contribution in [0.2, 0.25) is 0 Å². The minimum atomic E-state index is 0.00843. The number of carbonyl (C=O) groups excluding carboxylic acids is 1. The molecule has 0 atom stereocenters. The van der Waals surface area contributed by atoms with Gasteiger partial charge in [-0.2, -0.15) is 5.26 Å². The van der Waals surface area contributed by atoms with E-state index in [-0.39, 0.29) is 5.91 Å². The van der Waals surface area contributed by atoms with Crippen LogP contribution in [0.1, 0.15) is 18.9 Å². The van der Waals surface area contributed by atoms with Gasteiger partial charge in [-0.25, -0.2) is 0 Å². The average molecular weight is 202 g/mol. The molecule has 1 rings (SSSR count). The van der Waals surface area contributed by atoms with Crippen LogP contribution in [0.5, 0.6) is 0 Å². The lowest BCUT2D eigenvalue weighted by Crippen LogP contribution is -2.28. The molecule has 0 aliphatic heterocycles. The molecule has 1 amide bonds. The highest BCUT2D eigenvalue weighted by Crippen LogP contribution is 2.05. The maximum absolute atomic E-state index is 11.3. The number of nitriles is 1. The number of hydrogen-bond donors (Lipinski definition) is 0. The summed E-state index contributed by atoms with van der Waals surface area (Å²) in [6, 6.07) is 11.8. The molecule has 0 saturated carbocycles. The van der Waals surface area contributed by atoms with Crippen molar-refractivity contribution in [2.24, 2.45) is 0 Å². The molecule has 0 saturated heterocycles. The monoisotopic (exact) mass is 202 g/mol. The third kappa shape index (κ3) is 3.82. The fourth-order valence-corrected chi connectivity index (χ4v) is 1.34. The van der Waals surface area contributed by atoms with Gasteiger partial charge in [0.2, 0.25) is 5.91 Å². The third-order valence-electron chi connectivity index (χ3n) is 2.16. The van der Waals surface area contributed by atoms with E-state index in [0.717, 1.165) is 5.56 Å². The van der Waals surface area contributed by atoms with Gasteiger partial charge in [-0.1, -0.05) is 30.3 Å². The highest BCUT2D eigenvalue weighted by atomic mass is 16.2. The summed E-state index contributed by atoms with van der Waals surface area (Å²) in [6.45, 7) is 2.61. The number of amides is 1. The molecule has 0 radical (unpaired) electrons. The quantitative estimate of drug-likeness (QED) is 0.749. The maximum atomic E-state index is 11.3. The topological polar surface area (TPSA) is 44.1 Å². The van der Waals surface area contributed by atoms with Crippen LogP contribution in [0.4, 0.5) is 0 Å². The van der Waals surface area contributed by atoms with Gasteiger partial charge < -0.3 is 4.90 Å². The molecule has 3 nitrogen and oxygen atoms in total. The van der Waals surface area contributed by atoms with Crippen LogP contribution in [-0.4, -0.2) is 17.4 Å². The van der Waals surface area contributed by atoms with Gasteiger partial charge in [-0.15, -0.1) is 0 Å². The summed E-state index contributed by atoms with van der Waals surface area (Å²) in [5.41, 5.74) is 1.09. The Morgan fingerprint density at radius 1 is 1.40 bits per heavy atom. The van der Waals surface area contributed by atoms with Crippen LogP contribution in [0, 0.1) is 11.3 Å². The molecule has 0 spiro atoms. The Labute approximate surface area is 89.9 Å². The van der Waals surface area contributed by atoms with E-state index in [2.05, 4.69) is 0 Å². The molecule has 78 valence electrons. The fraction of sp³-hybridized carbons (Fsp3) is 0.333. The molecule has 0 bridgehead atoms. The average Bonchev–Trinajstić information content (AvgIpc) is 2.25. The number of benzene rings is 1. The standard InChI is InChI=1S/C12H14N2O/c1-11(15)14(9-5-8-13)10-12-6-3-2-4-7-12/h2-4,6-7H,5,9-10H2,1H3. The lowest BCUT2D eigenvalue weighted by atomic mass is 10.2. The highest BCUT2D eigenvalue weighted by Gasteiger charge is 2.08. The van der Waals surface area contributed by atoms with Gasteiger partial charge in [0.1, 0.15) is 0 Å². The molecule has 0 aliphatic carbocycles. The van der Waals surface area contributed by atoms with Gasteiger partial charge in [0.05, 0.1) is 12.5 Å². The minimum Gasteiger partial charge on any atom is -0.338 e. The van der Waals surface area contributed by atoms with Gasteiger partial charge in [-0.05, 0) is 5.56 Å². The van der Waals surface area contributed by atoms with Crippen LogP contribution in [-0.2, 0) is 11.3 Å². The van der Waals surface area contributed by atoms with Crippen molar-refractivity contribution in [3.05, 3.63) is 35.9 Å². The zero-order valence-corrected chi connectivity index (χ0v) is 8.81. The van der Waals surface area contributed by atoms with Crippen molar-refractivity contribution in [1.29, 1.82) is 5.26 Å². The van der Waals surface area contributed by atoms with Gasteiger partial charge in [0.25, 0.3) is 0 Å². The third-order valence-corrected chi connectivity index (χ3v) is 2.16. The SMILES string of the molecule is CC(=O)N(CCC#N)Cc1ccccc1. The van der Waals surface area contributed by atoms with Crippen molar-refractivity contribution in [3.8, 4) is 6.07 Å². The molecular formula is C12H14N2O. The van der Waals surface area contributed by atoms with Gasteiger partial charge in [-0.3, -0.25) is 4.79 Å². The first-order valence-corrected chi connectivity index (χ1v) is 4.90. The molecule has 0 N–H and O–H groups in total. The van der Waals surface area contributed by atoms with Crippen LogP contribution < -0.4 is 0 Å². The molecular weight excluding hydrogens is 188 g/mol. The molecule has 3 heteroatoms. The van der Waals surface area contributed by atoms with Crippen LogP contribution >= 0.6 is 0 Å². The normalized spacial score (nSPS) is 9.33. The molecule has 0 fully saturated rings. The van der Waals surface area contributed by atoms with Crippen LogP contribution in [0.3, 0.4) is 0 Å². The fourth-order valence-electron chi connectivity index (χ4n) is 1.34. The smallest absolute Gasteiger partial charge is 0.219 e. The van der Waals surface area contributed by atoms with E-state index >= 15 is 0 Å². The Hall–Kier alpha value is -1.82. The van der Waals surface area contributed by atoms with E-state index in [1.165, 1.54) is 6.92 Å². The second kappa shape index (κ2) is 5.82. The summed E-state index contributed by atoms with van der Waals surface area (Å²) < 4.78 is 0. The van der Waals surface area contributed by atoms with Crippen molar-refractivity contribution in [2.75, 3.05) is 6.54 Å². The van der Waals surface area contributed by atoms with Gasteiger partial charge in [0, 0.05) is 20.0 Å². The second-order valence-electron chi connectivity index (χ2n) is 3.33. The molecule has 1 aromatic rings. The van der Waals surface area contributed by atoms with E-state index < -0.39 is 0 Å². The molecule has 0 heterocycles. The van der Waals surface area contributed by atoms with E-state index in [9.17, 15) is 4.79 Å². The van der Waals surface area contributed by atoms with Gasteiger partial charge in [0.15, 0.2) is 0 Å². The Bertz CT molecular complexity index is 354. The first kappa shape index (κ1) is 11.3. The summed E-state index contributed by atoms with van der Waals surface area (Å²) in [6.07, 6.45) is 0.381. The summed E-state index contributed by atoms with van der Waals surface area (Å²) in [5.74, 6) is 0.00843. The number of rotatable bonds is 4. The molecule has 0 aromatic heterocycles. The molecule has 15 heavy (non-hydrogen) atoms. The largest absolute Gasteiger partial charge is 0.338 e. The first-order valence-electron chi connectivity index (χ1n) is 4.90. The van der Waals surface area contributed by atoms with Crippen molar-refractivity contribution in [1.82, 2.24) is 4.90 Å². The Kier molecular flexibility index (Phi) is 4.36. The number of carbonyl (C=O) groups is 1. The lowest BCUT2D eigenvalue weighted by Gasteiger charge is -2.19. The zero-order valence-electron chi connectivity index (χ0n) is 8.81. The summed E-state index contributed by atoms with van der Waals surface area (Å²) in [7, 11) is 0. The van der Waals surface area contributed by atoms with Crippen LogP contribution in [0.15, 0.2) is 30.3 Å². The minimum absolute atomic E-state index is 0.00843. The van der Waals surface area contributed by atoms with E-state index in [4.69, 9.17) is 5.26 Å². The molecule has 0 aliphatic rings. The highest BCUT2D eigenvalue weighted by molar-refractivity contribution is 5.73. The van der Waals surface area contributed by atoms with Gasteiger partial charge >= 0.3 is 0 Å². The zero-order chi connectivity index (χ0) is 11.1. The number of nitrogens with zero attached hydrogens (tertiary/aromatic N) is 2. The van der Waals surface area contributed by atoms with E-state index in [1.54, 1.807) is 4.90 Å². The predicted octanol–water partition coefficient (Wildman–Crippen LogP) is 1.95. The van der Waals surface area contributed by atoms with Crippen molar-refractivity contribution in [2.45, 2.75) is 19.9 Å². The predicted molar refractivity (Wildman–Crippen MR) is 57.8 cm³/mol. The van der Waals surface area contributed by atoms with Crippen molar-refractivity contribution in [3.63, 3.8) is 0 Å². The maximum Gasteiger partial charge on any atom is 0.219 e. The van der Waals surface area contributed by atoms with Crippen molar-refractivity contribution >= 4 is 5.91 Å². The Morgan fingerprint density at radius 3 is 2.60 bits per heavy atom. The summed E-state index contributed by atoms with van der Waals surface area (Å²) in [5, 5.41) is 8.48. The van der Waals surface area contributed by atoms with E-state index in [1.807, 2.05) is 36.4 Å². The van der Waals surface area contributed by atoms with Crippen LogP contribution in [0.25, 0.3) is 0 Å². The second-order valence-corrected chi connectivity index (χ2v) is 3.33. The summed E-state index contributed by atoms with van der Waals surface area (Å²) in [4.78, 5) is 12.9. The molecule has 0 unspecified atom stereocenters. The number of hydrogen-bond acceptors (Lipinski definition) is 2. The molecule has 1 aromatic carbocycles.